The lowest BCUT2D eigenvalue weighted by molar-refractivity contribution is -0.256. The van der Waals surface area contributed by atoms with Gasteiger partial charge in [0.15, 0.2) is 14.1 Å². The molecule has 4 aliphatic heterocycles. The summed E-state index contributed by atoms with van der Waals surface area (Å²) in [5, 5.41) is 10.9. The lowest BCUT2D eigenvalue weighted by Crippen LogP contribution is -2.58. The van der Waals surface area contributed by atoms with Crippen molar-refractivity contribution in [3.63, 3.8) is 0 Å². The molecule has 4 saturated heterocycles. The maximum Gasteiger partial charge on any atom is 0.192 e. The van der Waals surface area contributed by atoms with Crippen LogP contribution in [0.1, 0.15) is 72.6 Å². The first-order valence-corrected chi connectivity index (χ1v) is 16.1. The van der Waals surface area contributed by atoms with E-state index in [-0.39, 0.29) is 42.7 Å². The molecule has 0 aliphatic carbocycles. The first-order valence-electron chi connectivity index (χ1n) is 13.6. The Morgan fingerprint density at radius 2 is 1.85 bits per heavy atom. The summed E-state index contributed by atoms with van der Waals surface area (Å²) in [6, 6.07) is 3.24. The van der Waals surface area contributed by atoms with Crippen LogP contribution in [-0.4, -0.2) is 68.0 Å². The number of rotatable bonds is 11. The summed E-state index contributed by atoms with van der Waals surface area (Å²) in [5.41, 5.74) is 1.18. The lowest BCUT2D eigenvalue weighted by atomic mass is 9.89. The minimum atomic E-state index is -1.88. The first-order chi connectivity index (χ1) is 16.3. The van der Waals surface area contributed by atoms with Gasteiger partial charge in [-0.25, -0.2) is 0 Å². The number of ether oxygens (including phenoxy) is 4. The zero-order chi connectivity index (χ0) is 24.5. The second-order valence-electron chi connectivity index (χ2n) is 10.8. The molecule has 0 aromatic rings. The van der Waals surface area contributed by atoms with Crippen LogP contribution < -0.4 is 0 Å². The molecule has 4 fully saturated rings. The lowest BCUT2D eigenvalue weighted by Gasteiger charge is -2.47. The molecule has 4 heterocycles. The Morgan fingerprint density at radius 1 is 1.12 bits per heavy atom. The standard InChI is InChI=1S/C27H46O6Si/c1-7-12-22-26(33-34(9-3,10-4)11-5)24-16-23(30-22)25-20(28)17-27(31-24,32-25)14-13-19-15-18(6)21(8-2)29-19/h7,19-26,28H,1,6,8-17H2,2-5H3/t19?,20?,21?,22?,23-,24?,25?,26?,27-/m1/s1. The summed E-state index contributed by atoms with van der Waals surface area (Å²) in [4.78, 5) is 0. The minimum absolute atomic E-state index is 0.111. The second-order valence-corrected chi connectivity index (χ2v) is 15.5. The van der Waals surface area contributed by atoms with E-state index < -0.39 is 20.2 Å². The van der Waals surface area contributed by atoms with Crippen molar-refractivity contribution in [2.24, 2.45) is 0 Å². The number of hydrogen-bond donors (Lipinski definition) is 1. The van der Waals surface area contributed by atoms with Crippen LogP contribution in [0.15, 0.2) is 24.8 Å². The molecular formula is C27H46O6Si. The van der Waals surface area contributed by atoms with Crippen LogP contribution in [-0.2, 0) is 23.4 Å². The van der Waals surface area contributed by atoms with Crippen molar-refractivity contribution in [1.29, 1.82) is 0 Å². The third-order valence-corrected chi connectivity index (χ3v) is 13.4. The van der Waals surface area contributed by atoms with Crippen LogP contribution in [0.4, 0.5) is 0 Å². The molecule has 0 radical (unpaired) electrons. The van der Waals surface area contributed by atoms with Crippen molar-refractivity contribution in [1.82, 2.24) is 0 Å². The maximum atomic E-state index is 10.9. The smallest absolute Gasteiger partial charge is 0.192 e. The van der Waals surface area contributed by atoms with Gasteiger partial charge < -0.3 is 28.5 Å². The van der Waals surface area contributed by atoms with E-state index in [2.05, 4.69) is 40.9 Å². The van der Waals surface area contributed by atoms with Gasteiger partial charge in [0.2, 0.25) is 0 Å². The van der Waals surface area contributed by atoms with Crippen molar-refractivity contribution in [3.8, 4) is 0 Å². The Morgan fingerprint density at radius 3 is 2.47 bits per heavy atom. The Kier molecular flexibility index (Phi) is 8.45. The van der Waals surface area contributed by atoms with Gasteiger partial charge in [0, 0.05) is 19.3 Å². The normalized spacial score (nSPS) is 42.1. The molecule has 0 saturated carbocycles. The highest BCUT2D eigenvalue weighted by molar-refractivity contribution is 6.73. The molecule has 7 heteroatoms. The highest BCUT2D eigenvalue weighted by Gasteiger charge is 2.59. The van der Waals surface area contributed by atoms with Crippen molar-refractivity contribution in [2.45, 2.75) is 145 Å². The van der Waals surface area contributed by atoms with Gasteiger partial charge in [-0.2, -0.15) is 0 Å². The molecule has 7 unspecified atom stereocenters. The van der Waals surface area contributed by atoms with Gasteiger partial charge >= 0.3 is 0 Å². The van der Waals surface area contributed by atoms with Crippen LogP contribution in [0.3, 0.4) is 0 Å². The molecule has 1 N–H and O–H groups in total. The van der Waals surface area contributed by atoms with Crippen LogP contribution in [0.2, 0.25) is 18.1 Å². The van der Waals surface area contributed by atoms with E-state index in [4.69, 9.17) is 23.4 Å². The molecule has 0 aromatic carbocycles. The molecule has 0 amide bonds. The Labute approximate surface area is 207 Å². The summed E-state index contributed by atoms with van der Waals surface area (Å²) in [6.07, 6.45) is 5.89. The fourth-order valence-electron chi connectivity index (χ4n) is 6.52. The third kappa shape index (κ3) is 5.12. The summed E-state index contributed by atoms with van der Waals surface area (Å²) in [7, 11) is -1.88. The molecule has 0 aromatic heterocycles. The maximum absolute atomic E-state index is 10.9. The Hall–Kier alpha value is -0.543. The van der Waals surface area contributed by atoms with E-state index in [9.17, 15) is 5.11 Å². The summed E-state index contributed by atoms with van der Waals surface area (Å²) in [5.74, 6) is -0.818. The van der Waals surface area contributed by atoms with Crippen molar-refractivity contribution in [2.75, 3.05) is 0 Å². The van der Waals surface area contributed by atoms with Gasteiger partial charge in [-0.15, -0.1) is 6.58 Å². The molecule has 4 bridgehead atoms. The van der Waals surface area contributed by atoms with Gasteiger partial charge in [-0.1, -0.05) is 40.3 Å². The molecule has 0 spiro atoms. The zero-order valence-corrected chi connectivity index (χ0v) is 22.7. The first kappa shape index (κ1) is 26.5. The van der Waals surface area contributed by atoms with Gasteiger partial charge in [-0.05, 0) is 49.4 Å². The number of aliphatic hydroxyl groups is 1. The fourth-order valence-corrected chi connectivity index (χ4v) is 9.40. The van der Waals surface area contributed by atoms with E-state index in [0.717, 1.165) is 37.4 Å². The monoisotopic (exact) mass is 494 g/mol. The van der Waals surface area contributed by atoms with Crippen LogP contribution in [0.25, 0.3) is 0 Å². The van der Waals surface area contributed by atoms with Crippen LogP contribution in [0.5, 0.6) is 0 Å². The Bertz CT molecular complexity index is 718. The van der Waals surface area contributed by atoms with E-state index in [1.165, 1.54) is 5.57 Å². The van der Waals surface area contributed by atoms with E-state index >= 15 is 0 Å². The Balaban J connectivity index is 1.54. The quantitative estimate of drug-likeness (QED) is 0.312. The zero-order valence-electron chi connectivity index (χ0n) is 21.7. The highest BCUT2D eigenvalue weighted by atomic mass is 28.4. The van der Waals surface area contributed by atoms with Gasteiger partial charge in [0.25, 0.3) is 0 Å². The molecule has 4 aliphatic rings. The number of fused-ring (bicyclic) bond motifs is 5. The number of aliphatic hydroxyl groups excluding tert-OH is 1. The topological polar surface area (TPSA) is 66.4 Å². The minimum Gasteiger partial charge on any atom is -0.409 e. The molecule has 9 atom stereocenters. The van der Waals surface area contributed by atoms with E-state index in [1.54, 1.807) is 0 Å². The van der Waals surface area contributed by atoms with Gasteiger partial charge in [0.05, 0.1) is 42.7 Å². The molecule has 194 valence electrons. The predicted octanol–water partition coefficient (Wildman–Crippen LogP) is 5.26. The van der Waals surface area contributed by atoms with E-state index in [0.29, 0.717) is 25.7 Å². The SMILES string of the molecule is C=CCC1O[C@@H]2CC(O[C@@]3(CCC4CC(=C)C(CC)O4)CC(O)C2O3)C1O[Si](CC)(CC)CC. The average molecular weight is 495 g/mol. The average Bonchev–Trinajstić information content (AvgIpc) is 3.32. The predicted molar refractivity (Wildman–Crippen MR) is 135 cm³/mol. The largest absolute Gasteiger partial charge is 0.409 e. The fraction of sp³-hybridized carbons (Fsp3) is 0.852. The van der Waals surface area contributed by atoms with Gasteiger partial charge in [0.1, 0.15) is 6.10 Å². The summed E-state index contributed by atoms with van der Waals surface area (Å²) >= 11 is 0. The number of hydrogen-bond acceptors (Lipinski definition) is 6. The third-order valence-electron chi connectivity index (χ3n) is 8.77. The van der Waals surface area contributed by atoms with Crippen LogP contribution in [0, 0.1) is 0 Å². The second kappa shape index (κ2) is 10.8. The molecule has 6 nitrogen and oxygen atoms in total. The van der Waals surface area contributed by atoms with Gasteiger partial charge in [-0.3, -0.25) is 0 Å². The molecule has 34 heavy (non-hydrogen) atoms. The molecule has 4 rings (SSSR count). The van der Waals surface area contributed by atoms with Crippen molar-refractivity contribution < 1.29 is 28.5 Å². The molecular weight excluding hydrogens is 448 g/mol. The van der Waals surface area contributed by atoms with Crippen molar-refractivity contribution >= 4 is 8.32 Å². The van der Waals surface area contributed by atoms with E-state index in [1.807, 2.05) is 6.08 Å². The highest BCUT2D eigenvalue weighted by Crippen LogP contribution is 2.48. The van der Waals surface area contributed by atoms with Crippen LogP contribution >= 0.6 is 0 Å². The van der Waals surface area contributed by atoms with Crippen molar-refractivity contribution in [3.05, 3.63) is 24.8 Å². The summed E-state index contributed by atoms with van der Waals surface area (Å²) in [6.45, 7) is 17.1. The summed E-state index contributed by atoms with van der Waals surface area (Å²) < 4.78 is 33.2.